The van der Waals surface area contributed by atoms with Gasteiger partial charge in [-0.3, -0.25) is 4.79 Å². The van der Waals surface area contributed by atoms with Gasteiger partial charge in [-0.2, -0.15) is 0 Å². The first kappa shape index (κ1) is 15.3. The molecular weight excluding hydrogens is 298 g/mol. The zero-order valence-corrected chi connectivity index (χ0v) is 12.0. The fourth-order valence-electron chi connectivity index (χ4n) is 1.92. The molecule has 2 aromatic carbocycles. The molecule has 1 amide bonds. The molecule has 0 radical (unpaired) electrons. The summed E-state index contributed by atoms with van der Waals surface area (Å²) < 4.78 is 26.0. The maximum Gasteiger partial charge on any atom is 0.255 e. The van der Waals surface area contributed by atoms with Crippen molar-refractivity contribution in [2.24, 2.45) is 0 Å². The molecule has 0 fully saturated rings. The molecule has 0 aliphatic rings. The van der Waals surface area contributed by atoms with Gasteiger partial charge in [0.2, 0.25) is 0 Å². The molecule has 0 saturated carbocycles. The molecule has 0 atom stereocenters. The summed E-state index contributed by atoms with van der Waals surface area (Å²) in [6.45, 7) is 0.137. The Morgan fingerprint density at radius 1 is 1.19 bits per heavy atom. The highest BCUT2D eigenvalue weighted by Crippen LogP contribution is 2.20. The molecule has 0 bridgehead atoms. The highest BCUT2D eigenvalue weighted by Gasteiger charge is 2.15. The van der Waals surface area contributed by atoms with Crippen LogP contribution in [0, 0.1) is 11.6 Å². The number of halogens is 3. The Hall–Kier alpha value is -2.14. The first-order valence-electron chi connectivity index (χ1n) is 6.13. The van der Waals surface area contributed by atoms with Crippen LogP contribution in [-0.2, 0) is 6.54 Å². The predicted octanol–water partition coefficient (Wildman–Crippen LogP) is 3.47. The zero-order chi connectivity index (χ0) is 15.6. The number of amides is 1. The minimum absolute atomic E-state index is 0.137. The van der Waals surface area contributed by atoms with Gasteiger partial charge >= 0.3 is 0 Å². The molecule has 0 aliphatic carbocycles. The van der Waals surface area contributed by atoms with Crippen LogP contribution in [-0.4, -0.2) is 17.9 Å². The lowest BCUT2D eigenvalue weighted by Crippen LogP contribution is -2.27. The van der Waals surface area contributed by atoms with Gasteiger partial charge in [-0.15, -0.1) is 0 Å². The molecule has 110 valence electrons. The third-order valence-corrected chi connectivity index (χ3v) is 3.23. The minimum Gasteiger partial charge on any atom is -0.398 e. The largest absolute Gasteiger partial charge is 0.398 e. The van der Waals surface area contributed by atoms with E-state index in [1.54, 1.807) is 13.1 Å². The van der Waals surface area contributed by atoms with E-state index in [4.69, 9.17) is 17.3 Å². The Morgan fingerprint density at radius 3 is 2.52 bits per heavy atom. The van der Waals surface area contributed by atoms with Gasteiger partial charge in [0, 0.05) is 24.3 Å². The average Bonchev–Trinajstić information content (AvgIpc) is 2.42. The van der Waals surface area contributed by atoms with E-state index in [-0.39, 0.29) is 18.1 Å². The topological polar surface area (TPSA) is 46.3 Å². The van der Waals surface area contributed by atoms with Crippen molar-refractivity contribution in [1.29, 1.82) is 0 Å². The molecule has 2 N–H and O–H groups in total. The summed E-state index contributed by atoms with van der Waals surface area (Å²) >= 11 is 5.78. The van der Waals surface area contributed by atoms with Gasteiger partial charge in [0.1, 0.15) is 0 Å². The first-order chi connectivity index (χ1) is 9.88. The van der Waals surface area contributed by atoms with Gasteiger partial charge in [-0.1, -0.05) is 17.7 Å². The number of carbonyl (C=O) groups excluding carboxylic acids is 1. The van der Waals surface area contributed by atoms with Crippen LogP contribution in [0.2, 0.25) is 5.02 Å². The van der Waals surface area contributed by atoms with Gasteiger partial charge < -0.3 is 10.6 Å². The number of anilines is 1. The molecule has 3 nitrogen and oxygen atoms in total. The number of hydrogen-bond donors (Lipinski definition) is 1. The van der Waals surface area contributed by atoms with Crippen LogP contribution in [0.4, 0.5) is 14.5 Å². The number of carbonyl (C=O) groups is 1. The zero-order valence-electron chi connectivity index (χ0n) is 11.2. The van der Waals surface area contributed by atoms with Crippen molar-refractivity contribution in [3.05, 3.63) is 64.2 Å². The van der Waals surface area contributed by atoms with Crippen LogP contribution in [0.5, 0.6) is 0 Å². The molecule has 0 saturated heterocycles. The van der Waals surface area contributed by atoms with Crippen LogP contribution in [0.1, 0.15) is 15.9 Å². The highest BCUT2D eigenvalue weighted by molar-refractivity contribution is 6.31. The van der Waals surface area contributed by atoms with E-state index in [9.17, 15) is 13.6 Å². The van der Waals surface area contributed by atoms with Crippen molar-refractivity contribution in [3.8, 4) is 0 Å². The lowest BCUT2D eigenvalue weighted by molar-refractivity contribution is 0.0786. The molecule has 2 rings (SSSR count). The average molecular weight is 311 g/mol. The lowest BCUT2D eigenvalue weighted by Gasteiger charge is -2.18. The van der Waals surface area contributed by atoms with Crippen molar-refractivity contribution in [3.63, 3.8) is 0 Å². The van der Waals surface area contributed by atoms with Crippen LogP contribution in [0.25, 0.3) is 0 Å². The van der Waals surface area contributed by atoms with Crippen molar-refractivity contribution < 1.29 is 13.6 Å². The Bertz CT molecular complexity index is 691. The van der Waals surface area contributed by atoms with Crippen molar-refractivity contribution >= 4 is 23.2 Å². The summed E-state index contributed by atoms with van der Waals surface area (Å²) in [6, 6.07) is 8.09. The third-order valence-electron chi connectivity index (χ3n) is 2.99. The standard InChI is InChI=1S/C15H13ClF2N2O/c1-20(8-9-2-5-12(17)13(18)6-9)15(21)11-4-3-10(16)7-14(11)19/h2-7H,8,19H2,1H3. The molecule has 0 aliphatic heterocycles. The van der Waals surface area contributed by atoms with E-state index in [0.717, 1.165) is 12.1 Å². The third kappa shape index (κ3) is 3.49. The van der Waals surface area contributed by atoms with E-state index in [1.165, 1.54) is 23.1 Å². The van der Waals surface area contributed by atoms with Gasteiger partial charge in [0.05, 0.1) is 5.56 Å². The smallest absolute Gasteiger partial charge is 0.255 e. The SMILES string of the molecule is CN(Cc1ccc(F)c(F)c1)C(=O)c1ccc(Cl)cc1N. The second kappa shape index (κ2) is 6.10. The summed E-state index contributed by atoms with van der Waals surface area (Å²) in [6.07, 6.45) is 0. The second-order valence-electron chi connectivity index (χ2n) is 4.64. The second-order valence-corrected chi connectivity index (χ2v) is 5.08. The Balaban J connectivity index is 2.17. The Labute approximate surface area is 125 Å². The predicted molar refractivity (Wildman–Crippen MR) is 78.0 cm³/mol. The summed E-state index contributed by atoms with van der Waals surface area (Å²) in [5.74, 6) is -2.19. The number of benzene rings is 2. The normalized spacial score (nSPS) is 10.5. The summed E-state index contributed by atoms with van der Waals surface area (Å²) in [4.78, 5) is 13.6. The summed E-state index contributed by atoms with van der Waals surface area (Å²) in [7, 11) is 1.55. The van der Waals surface area contributed by atoms with Crippen LogP contribution in [0.3, 0.4) is 0 Å². The highest BCUT2D eigenvalue weighted by atomic mass is 35.5. The molecule has 0 heterocycles. The molecule has 21 heavy (non-hydrogen) atoms. The number of nitrogens with two attached hydrogens (primary N) is 1. The monoisotopic (exact) mass is 310 g/mol. The molecule has 6 heteroatoms. The van der Waals surface area contributed by atoms with E-state index in [2.05, 4.69) is 0 Å². The summed E-state index contributed by atoms with van der Waals surface area (Å²) in [5.41, 5.74) is 6.82. The Morgan fingerprint density at radius 2 is 1.90 bits per heavy atom. The molecule has 0 spiro atoms. The fraction of sp³-hybridized carbons (Fsp3) is 0.133. The number of hydrogen-bond acceptors (Lipinski definition) is 2. The van der Waals surface area contributed by atoms with Crippen molar-refractivity contribution in [2.45, 2.75) is 6.54 Å². The number of rotatable bonds is 3. The Kier molecular flexibility index (Phi) is 4.43. The van der Waals surface area contributed by atoms with Gasteiger partial charge in [-0.25, -0.2) is 8.78 Å². The molecule has 0 aromatic heterocycles. The van der Waals surface area contributed by atoms with Crippen molar-refractivity contribution in [2.75, 3.05) is 12.8 Å². The van der Waals surface area contributed by atoms with E-state index in [0.29, 0.717) is 16.1 Å². The van der Waals surface area contributed by atoms with Crippen molar-refractivity contribution in [1.82, 2.24) is 4.90 Å². The fourth-order valence-corrected chi connectivity index (χ4v) is 2.10. The maximum atomic E-state index is 13.1. The first-order valence-corrected chi connectivity index (χ1v) is 6.50. The van der Waals surface area contributed by atoms with E-state index in [1.807, 2.05) is 0 Å². The quantitative estimate of drug-likeness (QED) is 0.882. The number of nitrogen functional groups attached to an aromatic ring is 1. The molecular formula is C15H13ClF2N2O. The lowest BCUT2D eigenvalue weighted by atomic mass is 10.1. The summed E-state index contributed by atoms with van der Waals surface area (Å²) in [5, 5.41) is 0.437. The van der Waals surface area contributed by atoms with Gasteiger partial charge in [0.15, 0.2) is 11.6 Å². The molecule has 0 unspecified atom stereocenters. The number of nitrogens with zero attached hydrogens (tertiary/aromatic N) is 1. The van der Waals surface area contributed by atoms with Gasteiger partial charge in [-0.05, 0) is 35.9 Å². The van der Waals surface area contributed by atoms with Crippen LogP contribution in [0.15, 0.2) is 36.4 Å². The van der Waals surface area contributed by atoms with Gasteiger partial charge in [0.25, 0.3) is 5.91 Å². The van der Waals surface area contributed by atoms with E-state index < -0.39 is 11.6 Å². The minimum atomic E-state index is -0.945. The van der Waals surface area contributed by atoms with E-state index >= 15 is 0 Å². The van der Waals surface area contributed by atoms with Crippen LogP contribution < -0.4 is 5.73 Å². The maximum absolute atomic E-state index is 13.1. The molecule has 2 aromatic rings. The van der Waals surface area contributed by atoms with Crippen LogP contribution >= 0.6 is 11.6 Å².